The Morgan fingerprint density at radius 2 is 1.90 bits per heavy atom. The fourth-order valence-corrected chi connectivity index (χ4v) is 5.26. The van der Waals surface area contributed by atoms with Crippen molar-refractivity contribution in [2.24, 2.45) is 0 Å². The molecule has 0 fully saturated rings. The van der Waals surface area contributed by atoms with Gasteiger partial charge in [-0.05, 0) is 68.7 Å². The highest BCUT2D eigenvalue weighted by Crippen LogP contribution is 2.31. The minimum absolute atomic E-state index is 0. The topological polar surface area (TPSA) is 45.7 Å². The zero-order valence-electron chi connectivity index (χ0n) is 17.8. The fourth-order valence-electron chi connectivity index (χ4n) is 2.85. The molecule has 3 aromatic rings. The first kappa shape index (κ1) is 25.9. The molecule has 3 rings (SSSR count). The highest BCUT2D eigenvalue weighted by molar-refractivity contribution is 9.10. The Hall–Kier alpha value is -1.32. The number of methoxy groups -OCH3 is 1. The molecule has 5 nitrogen and oxygen atoms in total. The maximum absolute atomic E-state index is 13.0. The van der Waals surface area contributed by atoms with Crippen molar-refractivity contribution in [3.63, 3.8) is 0 Å². The van der Waals surface area contributed by atoms with Crippen LogP contribution in [0.5, 0.6) is 5.75 Å². The van der Waals surface area contributed by atoms with Crippen molar-refractivity contribution in [2.45, 2.75) is 17.7 Å². The number of carbonyl (C=O) groups is 1. The van der Waals surface area contributed by atoms with Gasteiger partial charge in [-0.3, -0.25) is 9.69 Å². The van der Waals surface area contributed by atoms with E-state index in [2.05, 4.69) is 26.9 Å². The molecule has 1 heterocycles. The molecule has 0 radical (unpaired) electrons. The number of amides is 1. The molecule has 1 amide bonds. The number of hydrogen-bond donors (Lipinski definition) is 0. The lowest BCUT2D eigenvalue weighted by Crippen LogP contribution is -2.36. The summed E-state index contributed by atoms with van der Waals surface area (Å²) in [5.41, 5.74) is 0.927. The lowest BCUT2D eigenvalue weighted by Gasteiger charge is -2.22. The zero-order chi connectivity index (χ0) is 21.5. The highest BCUT2D eigenvalue weighted by Gasteiger charge is 2.19. The third-order valence-electron chi connectivity index (χ3n) is 4.51. The van der Waals surface area contributed by atoms with Crippen molar-refractivity contribution in [1.29, 1.82) is 0 Å². The molecule has 0 unspecified atom stereocenters. The molecule has 168 valence electrons. The summed E-state index contributed by atoms with van der Waals surface area (Å²) in [5.74, 6) is 1.88. The number of thiazole rings is 1. The van der Waals surface area contributed by atoms with Crippen molar-refractivity contribution >= 4 is 72.7 Å². The van der Waals surface area contributed by atoms with Crippen LogP contribution in [0.4, 0.5) is 5.13 Å². The summed E-state index contributed by atoms with van der Waals surface area (Å²) in [5, 5.41) is 0.776. The largest absolute Gasteiger partial charge is 0.497 e. The number of halogens is 2. The molecule has 0 saturated heterocycles. The Morgan fingerprint density at radius 1 is 1.16 bits per heavy atom. The van der Waals surface area contributed by atoms with Crippen molar-refractivity contribution in [3.05, 3.63) is 46.9 Å². The summed E-state index contributed by atoms with van der Waals surface area (Å²) in [6.45, 7) is 1.43. The van der Waals surface area contributed by atoms with Crippen LogP contribution in [0, 0.1) is 0 Å². The van der Waals surface area contributed by atoms with E-state index in [-0.39, 0.29) is 18.3 Å². The van der Waals surface area contributed by atoms with Crippen molar-refractivity contribution in [3.8, 4) is 5.75 Å². The van der Waals surface area contributed by atoms with E-state index < -0.39 is 0 Å². The standard InChI is InChI=1S/C22H26BrN3O2S2.ClH/c1-25(2)12-13-26(22-24-19-11-6-16(23)15-20(19)30-22)21(27)5-4-14-29-18-9-7-17(28-3)8-10-18;/h6-11,15H,4-5,12-14H2,1-3H3;1H. The van der Waals surface area contributed by atoms with E-state index in [0.29, 0.717) is 13.0 Å². The van der Waals surface area contributed by atoms with Crippen LogP contribution in [0.1, 0.15) is 12.8 Å². The Morgan fingerprint density at radius 3 is 2.58 bits per heavy atom. The van der Waals surface area contributed by atoms with Gasteiger partial charge in [0.05, 0.1) is 17.3 Å². The van der Waals surface area contributed by atoms with Gasteiger partial charge in [0, 0.05) is 28.9 Å². The quantitative estimate of drug-likeness (QED) is 0.233. The number of ether oxygens (including phenoxy) is 1. The van der Waals surface area contributed by atoms with Gasteiger partial charge in [0.1, 0.15) is 5.75 Å². The Labute approximate surface area is 206 Å². The fraction of sp³-hybridized carbons (Fsp3) is 0.364. The minimum Gasteiger partial charge on any atom is -0.497 e. The van der Waals surface area contributed by atoms with Crippen LogP contribution in [0.2, 0.25) is 0 Å². The predicted molar refractivity (Wildman–Crippen MR) is 138 cm³/mol. The van der Waals surface area contributed by atoms with E-state index in [1.165, 1.54) is 4.90 Å². The number of hydrogen-bond acceptors (Lipinski definition) is 6. The number of anilines is 1. The molecule has 0 bridgehead atoms. The maximum Gasteiger partial charge on any atom is 0.228 e. The molecule has 0 saturated carbocycles. The first-order valence-electron chi connectivity index (χ1n) is 9.74. The lowest BCUT2D eigenvalue weighted by atomic mass is 10.3. The summed E-state index contributed by atoms with van der Waals surface area (Å²) >= 11 is 6.84. The van der Waals surface area contributed by atoms with Crippen LogP contribution in [-0.4, -0.2) is 55.8 Å². The van der Waals surface area contributed by atoms with E-state index in [1.54, 1.807) is 30.2 Å². The number of benzene rings is 2. The summed E-state index contributed by atoms with van der Waals surface area (Å²) in [6, 6.07) is 14.0. The summed E-state index contributed by atoms with van der Waals surface area (Å²) < 4.78 is 7.29. The van der Waals surface area contributed by atoms with E-state index in [9.17, 15) is 4.79 Å². The second kappa shape index (κ2) is 12.6. The third kappa shape index (κ3) is 7.64. The molecule has 0 aliphatic heterocycles. The van der Waals surface area contributed by atoms with Crippen LogP contribution >= 0.6 is 51.4 Å². The smallest absolute Gasteiger partial charge is 0.228 e. The lowest BCUT2D eigenvalue weighted by molar-refractivity contribution is -0.118. The van der Waals surface area contributed by atoms with Gasteiger partial charge in [-0.15, -0.1) is 24.2 Å². The van der Waals surface area contributed by atoms with E-state index in [1.807, 2.05) is 55.4 Å². The molecule has 9 heteroatoms. The van der Waals surface area contributed by atoms with Crippen molar-refractivity contribution < 1.29 is 9.53 Å². The van der Waals surface area contributed by atoms with Gasteiger partial charge in [0.15, 0.2) is 5.13 Å². The van der Waals surface area contributed by atoms with Crippen LogP contribution in [0.3, 0.4) is 0 Å². The maximum atomic E-state index is 13.0. The molecule has 0 aliphatic carbocycles. The third-order valence-corrected chi connectivity index (χ3v) is 7.14. The second-order valence-corrected chi connectivity index (χ2v) is 10.2. The number of nitrogens with zero attached hydrogens (tertiary/aromatic N) is 3. The number of likely N-dealkylation sites (N-methyl/N-ethyl adjacent to an activating group) is 1. The summed E-state index contributed by atoms with van der Waals surface area (Å²) in [4.78, 5) is 22.9. The normalized spacial score (nSPS) is 10.9. The summed E-state index contributed by atoms with van der Waals surface area (Å²) in [6.07, 6.45) is 1.33. The van der Waals surface area contributed by atoms with Crippen LogP contribution < -0.4 is 9.64 Å². The van der Waals surface area contributed by atoms with Gasteiger partial charge in [-0.1, -0.05) is 27.3 Å². The number of thioether (sulfide) groups is 1. The van der Waals surface area contributed by atoms with Gasteiger partial charge in [-0.25, -0.2) is 4.98 Å². The molecule has 0 aliphatic rings. The second-order valence-electron chi connectivity index (χ2n) is 7.08. The van der Waals surface area contributed by atoms with Crippen LogP contribution in [-0.2, 0) is 4.79 Å². The molecule has 1 aromatic heterocycles. The van der Waals surface area contributed by atoms with Gasteiger partial charge in [0.2, 0.25) is 5.91 Å². The van der Waals surface area contributed by atoms with Gasteiger partial charge in [-0.2, -0.15) is 0 Å². The molecule has 0 atom stereocenters. The number of rotatable bonds is 10. The minimum atomic E-state index is 0. The van der Waals surface area contributed by atoms with Crippen molar-refractivity contribution in [1.82, 2.24) is 9.88 Å². The van der Waals surface area contributed by atoms with Gasteiger partial charge >= 0.3 is 0 Å². The van der Waals surface area contributed by atoms with E-state index in [4.69, 9.17) is 9.72 Å². The van der Waals surface area contributed by atoms with Crippen LogP contribution in [0.25, 0.3) is 10.2 Å². The molecular weight excluding hydrogens is 518 g/mol. The predicted octanol–water partition coefficient (Wildman–Crippen LogP) is 5.96. The highest BCUT2D eigenvalue weighted by atomic mass is 79.9. The number of carbonyl (C=O) groups excluding carboxylic acids is 1. The number of fused-ring (bicyclic) bond motifs is 1. The van der Waals surface area contributed by atoms with Crippen molar-refractivity contribution in [2.75, 3.05) is 44.9 Å². The Bertz CT molecular complexity index is 983. The molecule has 31 heavy (non-hydrogen) atoms. The monoisotopic (exact) mass is 543 g/mol. The van der Waals surface area contributed by atoms with E-state index >= 15 is 0 Å². The molecule has 0 spiro atoms. The average molecular weight is 545 g/mol. The zero-order valence-corrected chi connectivity index (χ0v) is 21.9. The van der Waals surface area contributed by atoms with E-state index in [0.717, 1.165) is 44.3 Å². The Balaban J connectivity index is 0.00000341. The summed E-state index contributed by atoms with van der Waals surface area (Å²) in [7, 11) is 5.70. The van der Waals surface area contributed by atoms with Crippen LogP contribution in [0.15, 0.2) is 51.8 Å². The first-order chi connectivity index (χ1) is 14.5. The first-order valence-corrected chi connectivity index (χ1v) is 12.3. The van der Waals surface area contributed by atoms with Gasteiger partial charge in [0.25, 0.3) is 0 Å². The SMILES string of the molecule is COc1ccc(SCCCC(=O)N(CCN(C)C)c2nc3ccc(Br)cc3s2)cc1.Cl. The molecular formula is C22H27BrClN3O2S2. The molecule has 0 N–H and O–H groups in total. The Kier molecular flexibility index (Phi) is 10.6. The molecule has 2 aromatic carbocycles. The van der Waals surface area contributed by atoms with Gasteiger partial charge < -0.3 is 9.64 Å². The average Bonchev–Trinajstić information content (AvgIpc) is 3.14. The number of aromatic nitrogens is 1.